The summed E-state index contributed by atoms with van der Waals surface area (Å²) in [4.78, 5) is 13.3. The summed E-state index contributed by atoms with van der Waals surface area (Å²) in [5, 5.41) is 3.45. The van der Waals surface area contributed by atoms with Crippen molar-refractivity contribution in [3.05, 3.63) is 23.2 Å². The molecule has 1 amide bonds. The van der Waals surface area contributed by atoms with Crippen LogP contribution in [0.15, 0.2) is 18.2 Å². The van der Waals surface area contributed by atoms with Crippen molar-refractivity contribution in [2.24, 2.45) is 0 Å². The van der Waals surface area contributed by atoms with Crippen molar-refractivity contribution in [1.82, 2.24) is 0 Å². The fourth-order valence-corrected chi connectivity index (χ4v) is 1.75. The van der Waals surface area contributed by atoms with E-state index < -0.39 is 0 Å². The summed E-state index contributed by atoms with van der Waals surface area (Å²) in [6.45, 7) is 1.97. The van der Waals surface area contributed by atoms with Crippen LogP contribution in [0.2, 0.25) is 5.02 Å². The molecule has 4 heteroatoms. The van der Waals surface area contributed by atoms with Gasteiger partial charge in [0, 0.05) is 26.2 Å². The second-order valence-corrected chi connectivity index (χ2v) is 4.27. The first kappa shape index (κ1) is 12.8. The van der Waals surface area contributed by atoms with Crippen LogP contribution in [0.5, 0.6) is 0 Å². The summed E-state index contributed by atoms with van der Waals surface area (Å²) in [6.07, 6.45) is 1.38. The zero-order chi connectivity index (χ0) is 12.1. The highest BCUT2D eigenvalue weighted by atomic mass is 35.5. The van der Waals surface area contributed by atoms with Crippen LogP contribution in [0, 0.1) is 0 Å². The fourth-order valence-electron chi connectivity index (χ4n) is 1.40. The summed E-state index contributed by atoms with van der Waals surface area (Å²) >= 11 is 6.09. The number of hydrogen-bond donors (Lipinski definition) is 1. The molecule has 1 N–H and O–H groups in total. The summed E-state index contributed by atoms with van der Waals surface area (Å²) in [6, 6.07) is 5.52. The zero-order valence-corrected chi connectivity index (χ0v) is 10.6. The average Bonchev–Trinajstić information content (AvgIpc) is 2.17. The van der Waals surface area contributed by atoms with Crippen molar-refractivity contribution in [1.29, 1.82) is 0 Å². The first-order valence-electron chi connectivity index (χ1n) is 5.31. The van der Waals surface area contributed by atoms with E-state index in [4.69, 9.17) is 11.6 Å². The van der Waals surface area contributed by atoms with Gasteiger partial charge < -0.3 is 10.2 Å². The molecule has 0 atom stereocenters. The quantitative estimate of drug-likeness (QED) is 0.877. The van der Waals surface area contributed by atoms with E-state index in [1.165, 1.54) is 0 Å². The Balaban J connectivity index is 2.77. The van der Waals surface area contributed by atoms with E-state index in [0.29, 0.717) is 11.4 Å². The smallest absolute Gasteiger partial charge is 0.224 e. The monoisotopic (exact) mass is 240 g/mol. The van der Waals surface area contributed by atoms with Gasteiger partial charge in [0.05, 0.1) is 10.7 Å². The minimum Gasteiger partial charge on any atom is -0.376 e. The van der Waals surface area contributed by atoms with Crippen molar-refractivity contribution >= 4 is 28.9 Å². The van der Waals surface area contributed by atoms with E-state index in [9.17, 15) is 4.79 Å². The molecular formula is C12H17ClN2O. The van der Waals surface area contributed by atoms with E-state index in [0.717, 1.165) is 17.8 Å². The Hall–Kier alpha value is -1.22. The van der Waals surface area contributed by atoms with Crippen molar-refractivity contribution in [2.45, 2.75) is 19.8 Å². The number of rotatable bonds is 4. The number of carbonyl (C=O) groups is 1. The Morgan fingerprint density at radius 1 is 1.44 bits per heavy atom. The summed E-state index contributed by atoms with van der Waals surface area (Å²) < 4.78 is 0. The average molecular weight is 241 g/mol. The highest BCUT2D eigenvalue weighted by Gasteiger charge is 2.05. The van der Waals surface area contributed by atoms with Crippen LogP contribution in [0.4, 0.5) is 11.4 Å². The van der Waals surface area contributed by atoms with Crippen molar-refractivity contribution < 1.29 is 4.79 Å². The van der Waals surface area contributed by atoms with Gasteiger partial charge in [-0.2, -0.15) is 0 Å². The lowest BCUT2D eigenvalue weighted by atomic mass is 10.2. The largest absolute Gasteiger partial charge is 0.376 e. The third-order valence-electron chi connectivity index (χ3n) is 2.19. The molecule has 0 bridgehead atoms. The number of hydrogen-bond acceptors (Lipinski definition) is 2. The van der Waals surface area contributed by atoms with E-state index in [1.54, 1.807) is 6.07 Å². The molecule has 88 valence electrons. The van der Waals surface area contributed by atoms with Gasteiger partial charge in [0.15, 0.2) is 0 Å². The zero-order valence-electron chi connectivity index (χ0n) is 9.88. The van der Waals surface area contributed by atoms with Gasteiger partial charge in [-0.1, -0.05) is 18.5 Å². The summed E-state index contributed by atoms with van der Waals surface area (Å²) in [7, 11) is 3.85. The number of amides is 1. The molecule has 0 heterocycles. The van der Waals surface area contributed by atoms with Gasteiger partial charge in [-0.05, 0) is 24.6 Å². The standard InChI is InChI=1S/C12H17ClN2O/c1-4-5-12(16)14-9-6-7-11(15(2)3)10(13)8-9/h6-8H,4-5H2,1-3H3,(H,14,16). The SMILES string of the molecule is CCCC(=O)Nc1ccc(N(C)C)c(Cl)c1. The van der Waals surface area contributed by atoms with Gasteiger partial charge in [-0.15, -0.1) is 0 Å². The number of nitrogens with zero attached hydrogens (tertiary/aromatic N) is 1. The molecule has 16 heavy (non-hydrogen) atoms. The van der Waals surface area contributed by atoms with Crippen molar-refractivity contribution in [2.75, 3.05) is 24.3 Å². The molecule has 0 saturated heterocycles. The molecule has 0 spiro atoms. The number of nitrogens with one attached hydrogen (secondary N) is 1. The van der Waals surface area contributed by atoms with Crippen LogP contribution >= 0.6 is 11.6 Å². The Kier molecular flexibility index (Phi) is 4.62. The lowest BCUT2D eigenvalue weighted by molar-refractivity contribution is -0.116. The molecular weight excluding hydrogens is 224 g/mol. The molecule has 1 rings (SSSR count). The van der Waals surface area contributed by atoms with Gasteiger partial charge in [0.25, 0.3) is 0 Å². The maximum atomic E-state index is 11.4. The normalized spacial score (nSPS) is 10.0. The van der Waals surface area contributed by atoms with Crippen LogP contribution in [-0.2, 0) is 4.79 Å². The van der Waals surface area contributed by atoms with E-state index in [2.05, 4.69) is 5.32 Å². The van der Waals surface area contributed by atoms with E-state index in [1.807, 2.05) is 38.1 Å². The highest BCUT2D eigenvalue weighted by Crippen LogP contribution is 2.27. The van der Waals surface area contributed by atoms with E-state index in [-0.39, 0.29) is 5.91 Å². The highest BCUT2D eigenvalue weighted by molar-refractivity contribution is 6.33. The van der Waals surface area contributed by atoms with Gasteiger partial charge in [0.2, 0.25) is 5.91 Å². The fraction of sp³-hybridized carbons (Fsp3) is 0.417. The molecule has 0 radical (unpaired) electrons. The van der Waals surface area contributed by atoms with Crippen LogP contribution in [0.25, 0.3) is 0 Å². The Labute approximate surface area is 101 Å². The molecule has 0 aliphatic heterocycles. The van der Waals surface area contributed by atoms with Crippen LogP contribution < -0.4 is 10.2 Å². The van der Waals surface area contributed by atoms with Crippen LogP contribution in [0.1, 0.15) is 19.8 Å². The first-order valence-corrected chi connectivity index (χ1v) is 5.69. The minimum atomic E-state index is 0.0242. The number of carbonyl (C=O) groups excluding carboxylic acids is 1. The third-order valence-corrected chi connectivity index (χ3v) is 2.49. The Morgan fingerprint density at radius 2 is 2.12 bits per heavy atom. The topological polar surface area (TPSA) is 32.3 Å². The molecule has 0 saturated carbocycles. The molecule has 0 aliphatic rings. The van der Waals surface area contributed by atoms with E-state index >= 15 is 0 Å². The number of anilines is 2. The lowest BCUT2D eigenvalue weighted by Gasteiger charge is -2.15. The third kappa shape index (κ3) is 3.42. The minimum absolute atomic E-state index is 0.0242. The molecule has 1 aromatic carbocycles. The molecule has 0 aliphatic carbocycles. The Morgan fingerprint density at radius 3 is 2.62 bits per heavy atom. The van der Waals surface area contributed by atoms with Gasteiger partial charge >= 0.3 is 0 Å². The van der Waals surface area contributed by atoms with Gasteiger partial charge in [-0.25, -0.2) is 0 Å². The Bertz CT molecular complexity index is 377. The molecule has 0 aromatic heterocycles. The molecule has 0 fully saturated rings. The first-order chi connectivity index (χ1) is 7.54. The van der Waals surface area contributed by atoms with Crippen LogP contribution in [0.3, 0.4) is 0 Å². The van der Waals surface area contributed by atoms with Crippen molar-refractivity contribution in [3.63, 3.8) is 0 Å². The number of halogens is 1. The molecule has 3 nitrogen and oxygen atoms in total. The summed E-state index contributed by atoms with van der Waals surface area (Å²) in [5.74, 6) is 0.0242. The maximum Gasteiger partial charge on any atom is 0.224 e. The maximum absolute atomic E-state index is 11.4. The number of benzene rings is 1. The van der Waals surface area contributed by atoms with Crippen molar-refractivity contribution in [3.8, 4) is 0 Å². The predicted molar refractivity (Wildman–Crippen MR) is 69.3 cm³/mol. The lowest BCUT2D eigenvalue weighted by Crippen LogP contribution is -2.12. The van der Waals surface area contributed by atoms with Gasteiger partial charge in [0.1, 0.15) is 0 Å². The second-order valence-electron chi connectivity index (χ2n) is 3.86. The summed E-state index contributed by atoms with van der Waals surface area (Å²) in [5.41, 5.74) is 1.68. The van der Waals surface area contributed by atoms with Gasteiger partial charge in [-0.3, -0.25) is 4.79 Å². The molecule has 0 unspecified atom stereocenters. The molecule has 1 aromatic rings. The predicted octanol–water partition coefficient (Wildman–Crippen LogP) is 3.14. The second kappa shape index (κ2) is 5.75. The van der Waals surface area contributed by atoms with Crippen LogP contribution in [-0.4, -0.2) is 20.0 Å².